The molecule has 1 aromatic heterocycles. The highest BCUT2D eigenvalue weighted by Crippen LogP contribution is 2.50. The number of aromatic nitrogens is 2. The van der Waals surface area contributed by atoms with E-state index in [2.05, 4.69) is 0 Å². The van der Waals surface area contributed by atoms with Crippen molar-refractivity contribution in [2.24, 2.45) is 0 Å². The molecule has 0 saturated carbocycles. The van der Waals surface area contributed by atoms with Crippen molar-refractivity contribution in [3.05, 3.63) is 88.9 Å². The number of rotatable bonds is 5. The zero-order chi connectivity index (χ0) is 27.9. The van der Waals surface area contributed by atoms with Gasteiger partial charge in [0.15, 0.2) is 11.5 Å². The molecular formula is C31H27ClN4O4S. The first-order valence-electron chi connectivity index (χ1n) is 13.6. The van der Waals surface area contributed by atoms with E-state index in [4.69, 9.17) is 26.2 Å². The predicted octanol–water partition coefficient (Wildman–Crippen LogP) is 5.71. The van der Waals surface area contributed by atoms with Crippen LogP contribution in [0.1, 0.15) is 29.2 Å². The summed E-state index contributed by atoms with van der Waals surface area (Å²) in [6.07, 6.45) is 1.95. The van der Waals surface area contributed by atoms with Crippen LogP contribution in [0, 0.1) is 0 Å². The van der Waals surface area contributed by atoms with Crippen molar-refractivity contribution in [3.63, 3.8) is 0 Å². The Kier molecular flexibility index (Phi) is 6.84. The van der Waals surface area contributed by atoms with Gasteiger partial charge in [-0.15, -0.1) is 11.8 Å². The lowest BCUT2D eigenvalue weighted by Gasteiger charge is -2.25. The van der Waals surface area contributed by atoms with Crippen LogP contribution in [-0.2, 0) is 9.59 Å². The number of nitrogens with zero attached hydrogens (tertiary/aromatic N) is 4. The van der Waals surface area contributed by atoms with Crippen molar-refractivity contribution in [2.45, 2.75) is 18.1 Å². The zero-order valence-electron chi connectivity index (χ0n) is 22.2. The van der Waals surface area contributed by atoms with Crippen LogP contribution in [0.15, 0.2) is 72.8 Å². The van der Waals surface area contributed by atoms with Crippen molar-refractivity contribution in [3.8, 4) is 28.4 Å². The highest BCUT2D eigenvalue weighted by atomic mass is 35.5. The first-order chi connectivity index (χ1) is 20.1. The molecule has 2 amide bonds. The third-order valence-corrected chi connectivity index (χ3v) is 9.24. The van der Waals surface area contributed by atoms with Gasteiger partial charge in [-0.2, -0.15) is 5.10 Å². The number of thioether (sulfide) groups is 1. The SMILES string of the molecule is O=C(CN1C(=O)CS[C@H](c2ccc3c(c2)OCO3)c2c(-c3ccccc3)nn(-c3ccccc3Cl)c21)N1CCCC1. The van der Waals surface area contributed by atoms with Gasteiger partial charge in [0.05, 0.1) is 27.4 Å². The van der Waals surface area contributed by atoms with Crippen LogP contribution < -0.4 is 14.4 Å². The van der Waals surface area contributed by atoms with Gasteiger partial charge in [0.1, 0.15) is 12.4 Å². The maximum Gasteiger partial charge on any atom is 0.242 e. The summed E-state index contributed by atoms with van der Waals surface area (Å²) in [5.74, 6) is 1.89. The minimum Gasteiger partial charge on any atom is -0.454 e. The fourth-order valence-corrected chi connectivity index (χ4v) is 7.06. The van der Waals surface area contributed by atoms with Crippen LogP contribution in [0.5, 0.6) is 11.5 Å². The van der Waals surface area contributed by atoms with Gasteiger partial charge in [-0.1, -0.05) is 60.1 Å². The van der Waals surface area contributed by atoms with Crippen LogP contribution in [0.2, 0.25) is 5.02 Å². The van der Waals surface area contributed by atoms with Crippen LogP contribution in [0.25, 0.3) is 16.9 Å². The molecule has 41 heavy (non-hydrogen) atoms. The van der Waals surface area contributed by atoms with Gasteiger partial charge in [0.2, 0.25) is 18.6 Å². The Balaban J connectivity index is 1.47. The summed E-state index contributed by atoms with van der Waals surface area (Å²) in [4.78, 5) is 30.9. The van der Waals surface area contributed by atoms with E-state index in [1.807, 2.05) is 71.6 Å². The molecule has 3 aromatic carbocycles. The fraction of sp³-hybridized carbons (Fsp3) is 0.258. The molecule has 3 aliphatic heterocycles. The van der Waals surface area contributed by atoms with Gasteiger partial charge in [-0.3, -0.25) is 14.5 Å². The second kappa shape index (κ2) is 10.8. The maximum atomic E-state index is 13.9. The van der Waals surface area contributed by atoms with Gasteiger partial charge >= 0.3 is 0 Å². The molecule has 8 nitrogen and oxygen atoms in total. The van der Waals surface area contributed by atoms with Gasteiger partial charge in [-0.05, 0) is 42.7 Å². The number of hydrogen-bond donors (Lipinski definition) is 0. The second-order valence-electron chi connectivity index (χ2n) is 10.2. The lowest BCUT2D eigenvalue weighted by Crippen LogP contribution is -2.43. The molecule has 208 valence electrons. The van der Waals surface area contributed by atoms with Crippen molar-refractivity contribution in [2.75, 3.05) is 37.1 Å². The molecule has 0 N–H and O–H groups in total. The summed E-state index contributed by atoms with van der Waals surface area (Å²) < 4.78 is 13.0. The van der Waals surface area contributed by atoms with E-state index < -0.39 is 0 Å². The number of carbonyl (C=O) groups is 2. The Morgan fingerprint density at radius 1 is 0.976 bits per heavy atom. The summed E-state index contributed by atoms with van der Waals surface area (Å²) in [5.41, 5.74) is 4.07. The van der Waals surface area contributed by atoms with Crippen molar-refractivity contribution >= 4 is 41.0 Å². The third-order valence-electron chi connectivity index (χ3n) is 7.67. The molecule has 0 aliphatic carbocycles. The Morgan fingerprint density at radius 2 is 1.73 bits per heavy atom. The highest BCUT2D eigenvalue weighted by Gasteiger charge is 2.39. The van der Waals surface area contributed by atoms with Crippen molar-refractivity contribution < 1.29 is 19.1 Å². The molecule has 0 unspecified atom stereocenters. The molecule has 4 aromatic rings. The normalized spacial score (nSPS) is 18.0. The minimum atomic E-state index is -0.276. The Bertz CT molecular complexity index is 1640. The lowest BCUT2D eigenvalue weighted by atomic mass is 9.99. The van der Waals surface area contributed by atoms with E-state index in [-0.39, 0.29) is 36.2 Å². The summed E-state index contributed by atoms with van der Waals surface area (Å²) >= 11 is 8.25. The first-order valence-corrected chi connectivity index (χ1v) is 15.0. The smallest absolute Gasteiger partial charge is 0.242 e. The summed E-state index contributed by atoms with van der Waals surface area (Å²) in [5, 5.41) is 5.33. The standard InChI is InChI=1S/C31H27ClN4O4S/c32-22-10-4-5-11-23(22)36-31-28(29(33-36)20-8-2-1-3-9-20)30(21-12-13-24-25(16-21)40-19-39-24)41-18-27(38)35(31)17-26(37)34-14-6-7-15-34/h1-5,8-13,16,30H,6-7,14-15,17-19H2/t30-/m1/s1. The number of amides is 2. The number of carbonyl (C=O) groups excluding carboxylic acids is 2. The number of fused-ring (bicyclic) bond motifs is 2. The average Bonchev–Trinajstić information content (AvgIpc) is 3.76. The molecular weight excluding hydrogens is 560 g/mol. The topological polar surface area (TPSA) is 76.9 Å². The number of anilines is 1. The molecule has 3 aliphatic rings. The summed E-state index contributed by atoms with van der Waals surface area (Å²) in [7, 11) is 0. The molecule has 0 bridgehead atoms. The number of hydrogen-bond acceptors (Lipinski definition) is 6. The van der Waals surface area contributed by atoms with Crippen LogP contribution in [0.4, 0.5) is 5.82 Å². The van der Waals surface area contributed by atoms with Gasteiger partial charge in [-0.25, -0.2) is 4.68 Å². The first kappa shape index (κ1) is 26.0. The second-order valence-corrected chi connectivity index (χ2v) is 11.7. The lowest BCUT2D eigenvalue weighted by molar-refractivity contribution is -0.130. The van der Waals surface area contributed by atoms with E-state index in [0.29, 0.717) is 41.1 Å². The Morgan fingerprint density at radius 3 is 2.54 bits per heavy atom. The van der Waals surface area contributed by atoms with Crippen LogP contribution in [-0.4, -0.2) is 58.7 Å². The zero-order valence-corrected chi connectivity index (χ0v) is 23.7. The summed E-state index contributed by atoms with van der Waals surface area (Å²) in [6, 6.07) is 23.2. The van der Waals surface area contributed by atoms with Gasteiger partial charge in [0, 0.05) is 24.2 Å². The van der Waals surface area contributed by atoms with E-state index >= 15 is 0 Å². The molecule has 4 heterocycles. The molecule has 7 rings (SSSR count). The van der Waals surface area contributed by atoms with Crippen LogP contribution >= 0.6 is 23.4 Å². The number of para-hydroxylation sites is 1. The monoisotopic (exact) mass is 586 g/mol. The Labute approximate surface area is 246 Å². The highest BCUT2D eigenvalue weighted by molar-refractivity contribution is 8.00. The number of likely N-dealkylation sites (tertiary alicyclic amines) is 1. The maximum absolute atomic E-state index is 13.9. The average molecular weight is 587 g/mol. The van der Waals surface area contributed by atoms with Gasteiger partial charge in [0.25, 0.3) is 0 Å². The molecule has 10 heteroatoms. The molecule has 1 atom stereocenters. The fourth-order valence-electron chi connectivity index (χ4n) is 5.66. The van der Waals surface area contributed by atoms with E-state index in [9.17, 15) is 9.59 Å². The third kappa shape index (κ3) is 4.73. The number of halogens is 1. The van der Waals surface area contributed by atoms with Crippen molar-refractivity contribution in [1.29, 1.82) is 0 Å². The summed E-state index contributed by atoms with van der Waals surface area (Å²) in [6.45, 7) is 1.53. The van der Waals surface area contributed by atoms with Crippen molar-refractivity contribution in [1.82, 2.24) is 14.7 Å². The van der Waals surface area contributed by atoms with E-state index in [0.717, 1.165) is 35.2 Å². The molecule has 1 fully saturated rings. The molecule has 0 spiro atoms. The largest absolute Gasteiger partial charge is 0.454 e. The van der Waals surface area contributed by atoms with Crippen LogP contribution in [0.3, 0.4) is 0 Å². The molecule has 1 saturated heterocycles. The quantitative estimate of drug-likeness (QED) is 0.298. The number of ether oxygens (including phenoxy) is 2. The minimum absolute atomic E-state index is 0.0649. The van der Waals surface area contributed by atoms with E-state index in [1.165, 1.54) is 11.8 Å². The Hall–Kier alpha value is -3.95. The van der Waals surface area contributed by atoms with Gasteiger partial charge < -0.3 is 14.4 Å². The number of benzene rings is 3. The molecule has 0 radical (unpaired) electrons. The van der Waals surface area contributed by atoms with E-state index in [1.54, 1.807) is 15.6 Å². The predicted molar refractivity (Wildman–Crippen MR) is 159 cm³/mol.